The van der Waals surface area contributed by atoms with E-state index in [4.69, 9.17) is 4.43 Å². The third kappa shape index (κ3) is 6.60. The highest BCUT2D eigenvalue weighted by molar-refractivity contribution is 6.69. The normalized spacial score (nSPS) is 16.7. The predicted octanol–water partition coefficient (Wildman–Crippen LogP) is 4.59. The van der Waals surface area contributed by atoms with E-state index >= 15 is 0 Å². The van der Waals surface area contributed by atoms with Gasteiger partial charge in [-0.25, -0.2) is 0 Å². The van der Waals surface area contributed by atoms with E-state index in [1.54, 1.807) is 0 Å². The van der Waals surface area contributed by atoms with Gasteiger partial charge < -0.3 is 4.43 Å². The summed E-state index contributed by atoms with van der Waals surface area (Å²) in [5, 5.41) is 0. The monoisotopic (exact) mass is 216 g/mol. The molecular formula is C12H28OSi. The second kappa shape index (κ2) is 5.91. The van der Waals surface area contributed by atoms with Gasteiger partial charge in [-0.15, -0.1) is 0 Å². The molecule has 14 heavy (non-hydrogen) atoms. The van der Waals surface area contributed by atoms with Crippen LogP contribution in [0, 0.1) is 0 Å². The van der Waals surface area contributed by atoms with Crippen LogP contribution in [0.15, 0.2) is 0 Å². The Morgan fingerprint density at radius 3 is 2.00 bits per heavy atom. The van der Waals surface area contributed by atoms with Crippen molar-refractivity contribution in [3.63, 3.8) is 0 Å². The highest BCUT2D eigenvalue weighted by atomic mass is 28.4. The maximum atomic E-state index is 6.26. The Hall–Kier alpha value is 0.177. The first-order valence-corrected chi connectivity index (χ1v) is 9.44. The molecule has 0 aromatic rings. The molecule has 2 heteroatoms. The summed E-state index contributed by atoms with van der Waals surface area (Å²) < 4.78 is 6.26. The summed E-state index contributed by atoms with van der Waals surface area (Å²) in [6.45, 7) is 13.6. The van der Waals surface area contributed by atoms with Crippen LogP contribution >= 0.6 is 0 Å². The van der Waals surface area contributed by atoms with Gasteiger partial charge in [-0.3, -0.25) is 0 Å². The van der Waals surface area contributed by atoms with E-state index in [2.05, 4.69) is 40.4 Å². The lowest BCUT2D eigenvalue weighted by Crippen LogP contribution is -2.40. The van der Waals surface area contributed by atoms with Crippen molar-refractivity contribution in [2.45, 2.75) is 78.1 Å². The first kappa shape index (κ1) is 14.2. The molecule has 0 aliphatic heterocycles. The lowest BCUT2D eigenvalue weighted by Gasteiger charge is -2.35. The molecule has 0 saturated carbocycles. The zero-order chi connectivity index (χ0) is 11.2. The minimum atomic E-state index is -1.37. The average molecular weight is 216 g/mol. The van der Waals surface area contributed by atoms with Crippen LogP contribution in [0.5, 0.6) is 0 Å². The third-order valence-electron chi connectivity index (χ3n) is 2.61. The predicted molar refractivity (Wildman–Crippen MR) is 67.3 cm³/mol. The molecule has 0 spiro atoms. The van der Waals surface area contributed by atoms with Gasteiger partial charge in [0.15, 0.2) is 8.32 Å². The fourth-order valence-electron chi connectivity index (χ4n) is 1.79. The summed E-state index contributed by atoms with van der Waals surface area (Å²) in [4.78, 5) is 0. The number of unbranched alkanes of at least 4 members (excludes halogenated alkanes) is 2. The van der Waals surface area contributed by atoms with Crippen molar-refractivity contribution in [2.75, 3.05) is 0 Å². The van der Waals surface area contributed by atoms with Gasteiger partial charge in [0.1, 0.15) is 0 Å². The Labute approximate surface area is 91.4 Å². The van der Waals surface area contributed by atoms with Gasteiger partial charge in [0.25, 0.3) is 0 Å². The topological polar surface area (TPSA) is 9.23 Å². The summed E-state index contributed by atoms with van der Waals surface area (Å²) in [6, 6.07) is 0. The Morgan fingerprint density at radius 1 is 1.07 bits per heavy atom. The van der Waals surface area contributed by atoms with Crippen molar-refractivity contribution in [2.24, 2.45) is 0 Å². The van der Waals surface area contributed by atoms with Gasteiger partial charge in [0.05, 0.1) is 5.60 Å². The molecule has 1 atom stereocenters. The summed E-state index contributed by atoms with van der Waals surface area (Å²) in [6.07, 6.45) is 6.31. The molecule has 0 aliphatic rings. The fourth-order valence-corrected chi connectivity index (χ4v) is 3.51. The lowest BCUT2D eigenvalue weighted by atomic mass is 9.96. The largest absolute Gasteiger partial charge is 0.412 e. The smallest absolute Gasteiger partial charge is 0.184 e. The zero-order valence-corrected chi connectivity index (χ0v) is 11.9. The minimum absolute atomic E-state index is 0.139. The van der Waals surface area contributed by atoms with E-state index in [0.29, 0.717) is 0 Å². The van der Waals surface area contributed by atoms with Crippen molar-refractivity contribution < 1.29 is 4.43 Å². The Kier molecular flexibility index (Phi) is 5.99. The first-order valence-electron chi connectivity index (χ1n) is 6.03. The number of hydrogen-bond acceptors (Lipinski definition) is 1. The van der Waals surface area contributed by atoms with Gasteiger partial charge in [0, 0.05) is 0 Å². The van der Waals surface area contributed by atoms with Crippen molar-refractivity contribution in [3.8, 4) is 0 Å². The van der Waals surface area contributed by atoms with E-state index in [0.717, 1.165) is 6.42 Å². The highest BCUT2D eigenvalue weighted by Crippen LogP contribution is 2.27. The molecule has 1 nitrogen and oxygen atoms in total. The maximum absolute atomic E-state index is 6.26. The van der Waals surface area contributed by atoms with Crippen LogP contribution in [0.3, 0.4) is 0 Å². The maximum Gasteiger partial charge on any atom is 0.184 e. The molecule has 0 aliphatic carbocycles. The Balaban J connectivity index is 4.04. The van der Waals surface area contributed by atoms with Crippen LogP contribution in [-0.4, -0.2) is 13.9 Å². The molecule has 0 fully saturated rings. The second-order valence-electron chi connectivity index (χ2n) is 5.48. The SMILES string of the molecule is CCCCCC(C)(CC)O[Si](C)(C)C. The van der Waals surface area contributed by atoms with Gasteiger partial charge in [0.2, 0.25) is 0 Å². The second-order valence-corrected chi connectivity index (χ2v) is 9.90. The van der Waals surface area contributed by atoms with Gasteiger partial charge >= 0.3 is 0 Å². The molecule has 1 unspecified atom stereocenters. The van der Waals surface area contributed by atoms with E-state index in [-0.39, 0.29) is 5.60 Å². The van der Waals surface area contributed by atoms with Crippen molar-refractivity contribution in [1.29, 1.82) is 0 Å². The number of hydrogen-bond donors (Lipinski definition) is 0. The van der Waals surface area contributed by atoms with E-state index in [1.807, 2.05) is 0 Å². The van der Waals surface area contributed by atoms with Crippen LogP contribution in [0.4, 0.5) is 0 Å². The summed E-state index contributed by atoms with van der Waals surface area (Å²) in [5.41, 5.74) is 0.139. The Morgan fingerprint density at radius 2 is 1.64 bits per heavy atom. The summed E-state index contributed by atoms with van der Waals surface area (Å²) in [5.74, 6) is 0. The molecule has 0 bridgehead atoms. The van der Waals surface area contributed by atoms with E-state index in [9.17, 15) is 0 Å². The standard InChI is InChI=1S/C12H28OSi/c1-7-9-10-11-12(3,8-2)13-14(4,5)6/h7-11H2,1-6H3. The van der Waals surface area contributed by atoms with Crippen LogP contribution in [0.25, 0.3) is 0 Å². The van der Waals surface area contributed by atoms with Gasteiger partial charge in [-0.05, 0) is 39.4 Å². The van der Waals surface area contributed by atoms with Crippen molar-refractivity contribution >= 4 is 8.32 Å². The van der Waals surface area contributed by atoms with Crippen LogP contribution < -0.4 is 0 Å². The molecule has 0 N–H and O–H groups in total. The Bertz CT molecular complexity index is 151. The van der Waals surface area contributed by atoms with Crippen LogP contribution in [-0.2, 0) is 4.43 Å². The van der Waals surface area contributed by atoms with Crippen molar-refractivity contribution in [1.82, 2.24) is 0 Å². The molecule has 0 amide bonds. The van der Waals surface area contributed by atoms with Crippen LogP contribution in [0.2, 0.25) is 19.6 Å². The molecular weight excluding hydrogens is 188 g/mol. The molecule has 0 radical (unpaired) electrons. The fraction of sp³-hybridized carbons (Fsp3) is 1.00. The molecule has 86 valence electrons. The zero-order valence-electron chi connectivity index (χ0n) is 10.9. The van der Waals surface area contributed by atoms with Crippen LogP contribution in [0.1, 0.15) is 52.9 Å². The average Bonchev–Trinajstić information content (AvgIpc) is 2.02. The lowest BCUT2D eigenvalue weighted by molar-refractivity contribution is 0.0640. The molecule has 0 saturated heterocycles. The molecule has 0 aromatic heterocycles. The molecule has 0 rings (SSSR count). The molecule has 0 aromatic carbocycles. The van der Waals surface area contributed by atoms with E-state index < -0.39 is 8.32 Å². The highest BCUT2D eigenvalue weighted by Gasteiger charge is 2.29. The summed E-state index contributed by atoms with van der Waals surface area (Å²) >= 11 is 0. The van der Waals surface area contributed by atoms with Crippen molar-refractivity contribution in [3.05, 3.63) is 0 Å². The minimum Gasteiger partial charge on any atom is -0.412 e. The third-order valence-corrected chi connectivity index (χ3v) is 3.71. The van der Waals surface area contributed by atoms with E-state index in [1.165, 1.54) is 25.7 Å². The quantitative estimate of drug-likeness (QED) is 0.447. The van der Waals surface area contributed by atoms with Gasteiger partial charge in [-0.2, -0.15) is 0 Å². The first-order chi connectivity index (χ1) is 6.33. The molecule has 0 heterocycles. The van der Waals surface area contributed by atoms with Gasteiger partial charge in [-0.1, -0.05) is 33.1 Å². The number of rotatable bonds is 7. The summed E-state index contributed by atoms with van der Waals surface area (Å²) in [7, 11) is -1.37.